The van der Waals surface area contributed by atoms with Gasteiger partial charge in [0.15, 0.2) is 0 Å². The van der Waals surface area contributed by atoms with E-state index in [1.807, 2.05) is 38.1 Å². The van der Waals surface area contributed by atoms with E-state index in [2.05, 4.69) is 34.9 Å². The maximum absolute atomic E-state index is 12.3. The Labute approximate surface area is 181 Å². The summed E-state index contributed by atoms with van der Waals surface area (Å²) in [6, 6.07) is 15.3. The number of rotatable bonds is 8. The third-order valence-electron chi connectivity index (χ3n) is 5.44. The number of carboxylic acids is 1. The molecular weight excluding hydrogens is 396 g/mol. The van der Waals surface area contributed by atoms with Crippen molar-refractivity contribution in [3.8, 4) is 11.1 Å². The van der Waals surface area contributed by atoms with Gasteiger partial charge in [-0.2, -0.15) is 0 Å². The number of ether oxygens (including phenoxy) is 1. The highest BCUT2D eigenvalue weighted by molar-refractivity contribution is 5.83. The predicted molar refractivity (Wildman–Crippen MR) is 117 cm³/mol. The molecule has 0 saturated carbocycles. The molecule has 3 rings (SSSR count). The zero-order chi connectivity index (χ0) is 22.6. The van der Waals surface area contributed by atoms with Crippen molar-refractivity contribution in [1.82, 2.24) is 10.6 Å². The Morgan fingerprint density at radius 3 is 2.13 bits per heavy atom. The quantitative estimate of drug-likeness (QED) is 0.601. The van der Waals surface area contributed by atoms with E-state index in [0.29, 0.717) is 0 Å². The Morgan fingerprint density at radius 1 is 1.03 bits per heavy atom. The van der Waals surface area contributed by atoms with Crippen molar-refractivity contribution in [3.63, 3.8) is 0 Å². The minimum atomic E-state index is -1.09. The number of amides is 2. The number of carbonyl (C=O) groups excluding carboxylic acids is 2. The first-order valence-electron chi connectivity index (χ1n) is 10.3. The Bertz CT molecular complexity index is 940. The average Bonchev–Trinajstić information content (AvgIpc) is 3.04. The number of carboxylic acid groups (broad SMARTS) is 1. The lowest BCUT2D eigenvalue weighted by Gasteiger charge is -2.25. The zero-order valence-corrected chi connectivity index (χ0v) is 18.0. The van der Waals surface area contributed by atoms with Crippen molar-refractivity contribution < 1.29 is 24.2 Å². The van der Waals surface area contributed by atoms with E-state index in [1.54, 1.807) is 0 Å². The molecule has 0 aromatic heterocycles. The van der Waals surface area contributed by atoms with E-state index < -0.39 is 23.5 Å². The fourth-order valence-electron chi connectivity index (χ4n) is 3.81. The summed E-state index contributed by atoms with van der Waals surface area (Å²) in [5, 5.41) is 14.0. The highest BCUT2D eigenvalue weighted by atomic mass is 16.5. The summed E-state index contributed by atoms with van der Waals surface area (Å²) in [5.41, 5.74) is 4.04. The lowest BCUT2D eigenvalue weighted by atomic mass is 9.89. The van der Waals surface area contributed by atoms with E-state index in [4.69, 9.17) is 9.84 Å². The van der Waals surface area contributed by atoms with Crippen molar-refractivity contribution in [2.24, 2.45) is 5.41 Å². The molecule has 1 atom stereocenters. The van der Waals surface area contributed by atoms with Crippen LogP contribution in [0.15, 0.2) is 48.5 Å². The number of carbonyl (C=O) groups is 3. The fraction of sp³-hybridized carbons (Fsp3) is 0.375. The van der Waals surface area contributed by atoms with Gasteiger partial charge in [-0.3, -0.25) is 9.59 Å². The molecule has 0 heterocycles. The van der Waals surface area contributed by atoms with Gasteiger partial charge in [0, 0.05) is 18.9 Å². The van der Waals surface area contributed by atoms with Gasteiger partial charge in [-0.15, -0.1) is 0 Å². The Hall–Kier alpha value is -3.35. The van der Waals surface area contributed by atoms with Crippen molar-refractivity contribution in [3.05, 3.63) is 59.7 Å². The maximum Gasteiger partial charge on any atom is 0.407 e. The molecule has 1 aliphatic rings. The molecule has 0 radical (unpaired) electrons. The van der Waals surface area contributed by atoms with Crippen LogP contribution in [0.5, 0.6) is 0 Å². The number of benzene rings is 2. The Balaban J connectivity index is 1.53. The second kappa shape index (κ2) is 9.20. The molecule has 2 aromatic carbocycles. The topological polar surface area (TPSA) is 105 Å². The maximum atomic E-state index is 12.3. The summed E-state index contributed by atoms with van der Waals surface area (Å²) in [6.07, 6.45) is -0.469. The summed E-state index contributed by atoms with van der Waals surface area (Å²) in [5.74, 6) is -1.49. The van der Waals surface area contributed by atoms with Crippen LogP contribution in [0.4, 0.5) is 4.79 Å². The molecule has 2 aromatic rings. The van der Waals surface area contributed by atoms with Crippen LogP contribution in [0, 0.1) is 5.41 Å². The molecule has 31 heavy (non-hydrogen) atoms. The summed E-state index contributed by atoms with van der Waals surface area (Å²) in [7, 11) is 0. The van der Waals surface area contributed by atoms with Crippen LogP contribution in [-0.2, 0) is 14.3 Å². The van der Waals surface area contributed by atoms with Gasteiger partial charge < -0.3 is 20.5 Å². The largest absolute Gasteiger partial charge is 0.480 e. The number of hydrogen-bond donors (Lipinski definition) is 3. The zero-order valence-electron chi connectivity index (χ0n) is 18.0. The van der Waals surface area contributed by atoms with Gasteiger partial charge in [0.2, 0.25) is 5.91 Å². The first-order chi connectivity index (χ1) is 14.7. The molecule has 7 heteroatoms. The van der Waals surface area contributed by atoms with Gasteiger partial charge in [-0.1, -0.05) is 62.4 Å². The van der Waals surface area contributed by atoms with Gasteiger partial charge in [0.1, 0.15) is 12.6 Å². The molecule has 0 aliphatic heterocycles. The second-order valence-corrected chi connectivity index (χ2v) is 8.65. The van der Waals surface area contributed by atoms with E-state index in [1.165, 1.54) is 6.92 Å². The van der Waals surface area contributed by atoms with Crippen LogP contribution in [-0.4, -0.2) is 42.3 Å². The monoisotopic (exact) mass is 424 g/mol. The number of aliphatic carboxylic acids is 1. The van der Waals surface area contributed by atoms with Crippen LogP contribution in [0.25, 0.3) is 11.1 Å². The van der Waals surface area contributed by atoms with Gasteiger partial charge in [0.25, 0.3) is 0 Å². The lowest BCUT2D eigenvalue weighted by Crippen LogP contribution is -2.42. The molecule has 0 saturated heterocycles. The lowest BCUT2D eigenvalue weighted by molar-refractivity contribution is -0.141. The summed E-state index contributed by atoms with van der Waals surface area (Å²) in [4.78, 5) is 35.2. The van der Waals surface area contributed by atoms with Gasteiger partial charge >= 0.3 is 12.1 Å². The highest BCUT2D eigenvalue weighted by Crippen LogP contribution is 2.44. The molecule has 0 unspecified atom stereocenters. The van der Waals surface area contributed by atoms with E-state index in [-0.39, 0.29) is 31.4 Å². The summed E-state index contributed by atoms with van der Waals surface area (Å²) < 4.78 is 5.51. The van der Waals surface area contributed by atoms with E-state index in [0.717, 1.165) is 22.3 Å². The van der Waals surface area contributed by atoms with Gasteiger partial charge in [0.05, 0.1) is 0 Å². The van der Waals surface area contributed by atoms with Crippen molar-refractivity contribution in [2.45, 2.75) is 39.2 Å². The number of fused-ring (bicyclic) bond motifs is 3. The van der Waals surface area contributed by atoms with Crippen LogP contribution < -0.4 is 10.6 Å². The van der Waals surface area contributed by atoms with Crippen LogP contribution >= 0.6 is 0 Å². The molecule has 3 N–H and O–H groups in total. The van der Waals surface area contributed by atoms with Crippen molar-refractivity contribution in [2.75, 3.05) is 13.2 Å². The molecule has 0 spiro atoms. The number of nitrogens with one attached hydrogen (secondary N) is 2. The highest BCUT2D eigenvalue weighted by Gasteiger charge is 2.29. The second-order valence-electron chi connectivity index (χ2n) is 8.65. The SMILES string of the molecule is C[C@H](NC(=O)CC(C)(C)CNC(=O)OCC1c2ccccc2-c2ccccc21)C(=O)O. The standard InChI is InChI=1S/C24H28N2O5/c1-15(22(28)29)26-21(27)12-24(2,3)14-25-23(30)31-13-20-18-10-6-4-8-16(18)17-9-5-7-11-19(17)20/h4-11,15,20H,12-14H2,1-3H3,(H,25,30)(H,26,27)(H,28,29)/t15-/m0/s1. The predicted octanol–water partition coefficient (Wildman–Crippen LogP) is 3.53. The van der Waals surface area contributed by atoms with Crippen LogP contribution in [0.3, 0.4) is 0 Å². The third kappa shape index (κ3) is 5.42. The Morgan fingerprint density at radius 2 is 1.58 bits per heavy atom. The molecule has 0 bridgehead atoms. The van der Waals surface area contributed by atoms with Crippen LogP contribution in [0.2, 0.25) is 0 Å². The fourth-order valence-corrected chi connectivity index (χ4v) is 3.81. The first kappa shape index (κ1) is 22.3. The first-order valence-corrected chi connectivity index (χ1v) is 10.3. The van der Waals surface area contributed by atoms with Crippen molar-refractivity contribution in [1.29, 1.82) is 0 Å². The number of hydrogen-bond acceptors (Lipinski definition) is 4. The third-order valence-corrected chi connectivity index (χ3v) is 5.44. The van der Waals surface area contributed by atoms with E-state index >= 15 is 0 Å². The Kier molecular flexibility index (Phi) is 6.63. The molecular formula is C24H28N2O5. The molecule has 0 fully saturated rings. The van der Waals surface area contributed by atoms with Crippen molar-refractivity contribution >= 4 is 18.0 Å². The molecule has 164 valence electrons. The minimum absolute atomic E-state index is 0.0190. The normalized spacial score (nSPS) is 13.6. The van der Waals surface area contributed by atoms with Gasteiger partial charge in [-0.25, -0.2) is 4.79 Å². The summed E-state index contributed by atoms with van der Waals surface area (Å²) >= 11 is 0. The minimum Gasteiger partial charge on any atom is -0.480 e. The molecule has 7 nitrogen and oxygen atoms in total. The van der Waals surface area contributed by atoms with Crippen LogP contribution in [0.1, 0.15) is 44.2 Å². The number of alkyl carbamates (subject to hydrolysis) is 1. The average molecular weight is 424 g/mol. The molecule has 2 amide bonds. The smallest absolute Gasteiger partial charge is 0.407 e. The summed E-state index contributed by atoms with van der Waals surface area (Å²) in [6.45, 7) is 5.49. The van der Waals surface area contributed by atoms with Gasteiger partial charge in [-0.05, 0) is 34.6 Å². The van der Waals surface area contributed by atoms with E-state index in [9.17, 15) is 14.4 Å². The molecule has 1 aliphatic carbocycles.